The Kier molecular flexibility index (Phi) is 4.20. The van der Waals surface area contributed by atoms with Crippen LogP contribution in [0.1, 0.15) is 10.8 Å². The van der Waals surface area contributed by atoms with Gasteiger partial charge in [0.15, 0.2) is 0 Å². The molecule has 4 rings (SSSR count). The number of hydrogen-bond acceptors (Lipinski definition) is 4. The van der Waals surface area contributed by atoms with Crippen molar-refractivity contribution in [2.24, 2.45) is 0 Å². The van der Waals surface area contributed by atoms with E-state index in [0.29, 0.717) is 0 Å². The smallest absolute Gasteiger partial charge is 0.144 e. The first kappa shape index (κ1) is 15.8. The van der Waals surface area contributed by atoms with Gasteiger partial charge >= 0.3 is 0 Å². The zero-order valence-corrected chi connectivity index (χ0v) is 14.3. The number of anilines is 2. The summed E-state index contributed by atoms with van der Waals surface area (Å²) >= 11 is 1.62. The molecule has 0 spiro atoms. The topological polar surface area (TPSA) is 40.5 Å². The van der Waals surface area contributed by atoms with Gasteiger partial charge in [-0.3, -0.25) is 0 Å². The van der Waals surface area contributed by atoms with E-state index in [1.54, 1.807) is 23.9 Å². The van der Waals surface area contributed by atoms with Crippen LogP contribution in [-0.2, 0) is 4.79 Å². The SMILES string of the molecule is O=CC1C(c2ccccc2O)Sc2ccccc2N1c1ccccc1. The average molecular weight is 347 g/mol. The molecule has 0 aromatic heterocycles. The predicted molar refractivity (Wildman–Crippen MR) is 102 cm³/mol. The van der Waals surface area contributed by atoms with E-state index < -0.39 is 6.04 Å². The molecular formula is C21H17NO2S. The van der Waals surface area contributed by atoms with Gasteiger partial charge in [0.2, 0.25) is 0 Å². The molecule has 0 aliphatic carbocycles. The molecule has 2 unspecified atom stereocenters. The van der Waals surface area contributed by atoms with E-state index >= 15 is 0 Å². The van der Waals surface area contributed by atoms with Crippen LogP contribution in [-0.4, -0.2) is 17.4 Å². The van der Waals surface area contributed by atoms with Crippen LogP contribution in [0.5, 0.6) is 5.75 Å². The first-order valence-electron chi connectivity index (χ1n) is 8.13. The third-order valence-corrected chi connectivity index (χ3v) is 5.79. The van der Waals surface area contributed by atoms with E-state index in [1.807, 2.05) is 60.7 Å². The third-order valence-electron chi connectivity index (χ3n) is 4.40. The predicted octanol–water partition coefficient (Wildman–Crippen LogP) is 4.94. The number of thioether (sulfide) groups is 1. The number of rotatable bonds is 3. The lowest BCUT2D eigenvalue weighted by Crippen LogP contribution is -2.39. The maximum atomic E-state index is 12.1. The lowest BCUT2D eigenvalue weighted by molar-refractivity contribution is -0.108. The number of phenolic OH excluding ortho intramolecular Hbond substituents is 1. The molecule has 2 atom stereocenters. The number of nitrogens with zero attached hydrogens (tertiary/aromatic N) is 1. The molecule has 1 N–H and O–H groups in total. The van der Waals surface area contributed by atoms with Gasteiger partial charge < -0.3 is 14.8 Å². The number of carbonyl (C=O) groups excluding carboxylic acids is 1. The van der Waals surface area contributed by atoms with Crippen LogP contribution in [0.2, 0.25) is 0 Å². The lowest BCUT2D eigenvalue weighted by atomic mass is 10.0. The van der Waals surface area contributed by atoms with Crippen molar-refractivity contribution in [2.75, 3.05) is 4.90 Å². The van der Waals surface area contributed by atoms with Gasteiger partial charge in [-0.1, -0.05) is 48.5 Å². The minimum atomic E-state index is -0.407. The van der Waals surface area contributed by atoms with E-state index in [-0.39, 0.29) is 11.0 Å². The molecule has 0 amide bonds. The molecule has 124 valence electrons. The molecule has 0 saturated heterocycles. The number of benzene rings is 3. The monoisotopic (exact) mass is 347 g/mol. The van der Waals surface area contributed by atoms with Crippen molar-refractivity contribution in [3.8, 4) is 5.75 Å². The molecule has 1 aliphatic heterocycles. The maximum absolute atomic E-state index is 12.1. The third kappa shape index (κ3) is 2.79. The summed E-state index contributed by atoms with van der Waals surface area (Å²) in [5.74, 6) is 0.222. The summed E-state index contributed by atoms with van der Waals surface area (Å²) in [5.41, 5.74) is 2.76. The first-order chi connectivity index (χ1) is 12.3. The standard InChI is InChI=1S/C21H17NO2S/c23-14-18-21(16-10-4-6-12-19(16)24)25-20-13-7-5-11-17(20)22(18)15-8-2-1-3-9-15/h1-14,18,21,24H. The van der Waals surface area contributed by atoms with E-state index in [0.717, 1.165) is 28.1 Å². The van der Waals surface area contributed by atoms with Crippen molar-refractivity contribution >= 4 is 29.4 Å². The highest BCUT2D eigenvalue weighted by molar-refractivity contribution is 7.99. The molecule has 4 heteroatoms. The molecule has 25 heavy (non-hydrogen) atoms. The molecule has 3 nitrogen and oxygen atoms in total. The molecule has 1 aliphatic rings. The Bertz CT molecular complexity index is 897. The Morgan fingerprint density at radius 3 is 2.32 bits per heavy atom. The second kappa shape index (κ2) is 6.65. The van der Waals surface area contributed by atoms with E-state index in [2.05, 4.69) is 11.0 Å². The number of fused-ring (bicyclic) bond motifs is 1. The number of para-hydroxylation sites is 3. The Hall–Kier alpha value is -2.72. The Balaban J connectivity index is 1.90. The summed E-state index contributed by atoms with van der Waals surface area (Å²) in [7, 11) is 0. The fourth-order valence-electron chi connectivity index (χ4n) is 3.27. The van der Waals surface area contributed by atoms with Crippen molar-refractivity contribution in [1.29, 1.82) is 0 Å². The molecule has 0 bridgehead atoms. The zero-order valence-electron chi connectivity index (χ0n) is 13.4. The number of aromatic hydroxyl groups is 1. The van der Waals surface area contributed by atoms with Crippen molar-refractivity contribution < 1.29 is 9.90 Å². The van der Waals surface area contributed by atoms with Crippen LogP contribution in [0.3, 0.4) is 0 Å². The molecule has 3 aromatic rings. The second-order valence-corrected chi connectivity index (χ2v) is 7.08. The van der Waals surface area contributed by atoms with Crippen LogP contribution >= 0.6 is 11.8 Å². The quantitative estimate of drug-likeness (QED) is 0.681. The Morgan fingerprint density at radius 1 is 0.880 bits per heavy atom. The average Bonchev–Trinajstić information content (AvgIpc) is 2.67. The first-order valence-corrected chi connectivity index (χ1v) is 9.00. The molecule has 0 radical (unpaired) electrons. The van der Waals surface area contributed by atoms with Gasteiger partial charge in [0.25, 0.3) is 0 Å². The molecule has 1 heterocycles. The number of hydrogen-bond donors (Lipinski definition) is 1. The molecule has 0 fully saturated rings. The van der Waals surface area contributed by atoms with Gasteiger partial charge in [-0.2, -0.15) is 0 Å². The van der Waals surface area contributed by atoms with Crippen LogP contribution in [0.4, 0.5) is 11.4 Å². The highest BCUT2D eigenvalue weighted by Crippen LogP contribution is 2.52. The second-order valence-electron chi connectivity index (χ2n) is 5.90. The minimum absolute atomic E-state index is 0.186. The van der Waals surface area contributed by atoms with Gasteiger partial charge in [0, 0.05) is 16.1 Å². The summed E-state index contributed by atoms with van der Waals surface area (Å²) in [5, 5.41) is 10.1. The summed E-state index contributed by atoms with van der Waals surface area (Å²) < 4.78 is 0. The maximum Gasteiger partial charge on any atom is 0.144 e. The normalized spacial score (nSPS) is 19.3. The Labute approximate surface area is 150 Å². The zero-order chi connectivity index (χ0) is 17.2. The largest absolute Gasteiger partial charge is 0.508 e. The van der Waals surface area contributed by atoms with E-state index in [4.69, 9.17) is 0 Å². The summed E-state index contributed by atoms with van der Waals surface area (Å²) in [6, 6.07) is 24.8. The Morgan fingerprint density at radius 2 is 1.56 bits per heavy atom. The van der Waals surface area contributed by atoms with Crippen molar-refractivity contribution in [1.82, 2.24) is 0 Å². The lowest BCUT2D eigenvalue weighted by Gasteiger charge is -2.40. The van der Waals surface area contributed by atoms with Gasteiger partial charge in [-0.05, 0) is 30.3 Å². The van der Waals surface area contributed by atoms with Gasteiger partial charge in [-0.15, -0.1) is 11.8 Å². The summed E-state index contributed by atoms with van der Waals surface area (Å²) in [6.45, 7) is 0. The van der Waals surface area contributed by atoms with E-state index in [1.165, 1.54) is 0 Å². The molecule has 0 saturated carbocycles. The summed E-state index contributed by atoms with van der Waals surface area (Å²) in [4.78, 5) is 15.3. The van der Waals surface area contributed by atoms with Gasteiger partial charge in [-0.25, -0.2) is 0 Å². The molecular weight excluding hydrogens is 330 g/mol. The number of phenols is 1. The van der Waals surface area contributed by atoms with Crippen molar-refractivity contribution in [3.63, 3.8) is 0 Å². The van der Waals surface area contributed by atoms with Crippen molar-refractivity contribution in [3.05, 3.63) is 84.4 Å². The highest BCUT2D eigenvalue weighted by atomic mass is 32.2. The number of carbonyl (C=O) groups is 1. The van der Waals surface area contributed by atoms with Crippen LogP contribution < -0.4 is 4.90 Å². The van der Waals surface area contributed by atoms with Gasteiger partial charge in [0.1, 0.15) is 18.1 Å². The minimum Gasteiger partial charge on any atom is -0.508 e. The van der Waals surface area contributed by atoms with Gasteiger partial charge in [0.05, 0.1) is 10.9 Å². The number of aldehydes is 1. The fraction of sp³-hybridized carbons (Fsp3) is 0.0952. The summed E-state index contributed by atoms with van der Waals surface area (Å²) in [6.07, 6.45) is 0.979. The van der Waals surface area contributed by atoms with Crippen LogP contribution in [0.25, 0.3) is 0 Å². The van der Waals surface area contributed by atoms with Crippen molar-refractivity contribution in [2.45, 2.75) is 16.2 Å². The fourth-order valence-corrected chi connectivity index (χ4v) is 4.64. The van der Waals surface area contributed by atoms with E-state index in [9.17, 15) is 9.90 Å². The van der Waals surface area contributed by atoms with Crippen LogP contribution in [0.15, 0.2) is 83.8 Å². The van der Waals surface area contributed by atoms with Crippen LogP contribution in [0, 0.1) is 0 Å². The molecule has 3 aromatic carbocycles. The highest BCUT2D eigenvalue weighted by Gasteiger charge is 2.37.